The van der Waals surface area contributed by atoms with E-state index in [1.165, 1.54) is 25.7 Å². The number of carbonyl (C=O) groups excluding carboxylic acids is 1. The maximum Gasteiger partial charge on any atom is 0.376 e. The van der Waals surface area contributed by atoms with Gasteiger partial charge in [-0.3, -0.25) is 0 Å². The zero-order chi connectivity index (χ0) is 13.7. The van der Waals surface area contributed by atoms with Crippen molar-refractivity contribution in [1.29, 1.82) is 0 Å². The minimum Gasteiger partial charge on any atom is -0.461 e. The van der Waals surface area contributed by atoms with Gasteiger partial charge in [0.15, 0.2) is 0 Å². The van der Waals surface area contributed by atoms with Gasteiger partial charge in [0.1, 0.15) is 0 Å². The van der Waals surface area contributed by atoms with Gasteiger partial charge in [0, 0.05) is 12.3 Å². The van der Waals surface area contributed by atoms with E-state index in [-0.39, 0.29) is 12.0 Å². The van der Waals surface area contributed by atoms with E-state index in [4.69, 9.17) is 4.74 Å². The number of ether oxygens (including phenoxy) is 1. The number of hydrogen-bond donors (Lipinski definition) is 0. The maximum absolute atomic E-state index is 12.9. The van der Waals surface area contributed by atoms with Crippen LogP contribution in [0.1, 0.15) is 51.9 Å². The van der Waals surface area contributed by atoms with E-state index in [2.05, 4.69) is 0 Å². The highest BCUT2D eigenvalue weighted by atomic mass is 19.3. The van der Waals surface area contributed by atoms with Crippen molar-refractivity contribution < 1.29 is 18.3 Å². The van der Waals surface area contributed by atoms with Gasteiger partial charge in [0.2, 0.25) is 0 Å². The first-order chi connectivity index (χ1) is 8.89. The van der Waals surface area contributed by atoms with Gasteiger partial charge in [-0.05, 0) is 49.9 Å². The van der Waals surface area contributed by atoms with E-state index >= 15 is 0 Å². The van der Waals surface area contributed by atoms with Crippen molar-refractivity contribution in [2.45, 2.75) is 57.8 Å². The normalized spacial score (nSPS) is 41.1. The third-order valence-corrected chi connectivity index (χ3v) is 5.60. The molecule has 3 saturated carbocycles. The summed E-state index contributed by atoms with van der Waals surface area (Å²) in [6, 6.07) is 0. The number of carbonyl (C=O) groups is 1. The predicted molar refractivity (Wildman–Crippen MR) is 66.8 cm³/mol. The van der Waals surface area contributed by atoms with Crippen LogP contribution in [0.3, 0.4) is 0 Å². The lowest BCUT2D eigenvalue weighted by Crippen LogP contribution is -2.35. The number of hydrogen-bond acceptors (Lipinski definition) is 2. The van der Waals surface area contributed by atoms with Crippen molar-refractivity contribution in [1.82, 2.24) is 0 Å². The summed E-state index contributed by atoms with van der Waals surface area (Å²) >= 11 is 0. The van der Waals surface area contributed by atoms with Crippen LogP contribution in [-0.4, -0.2) is 18.5 Å². The molecule has 108 valence electrons. The summed E-state index contributed by atoms with van der Waals surface area (Å²) < 4.78 is 30.8. The van der Waals surface area contributed by atoms with E-state index in [1.807, 2.05) is 0 Å². The second-order valence-corrected chi connectivity index (χ2v) is 7.06. The lowest BCUT2D eigenvalue weighted by molar-refractivity contribution is -0.174. The van der Waals surface area contributed by atoms with Gasteiger partial charge in [-0.25, -0.2) is 4.79 Å². The fraction of sp³-hybridized carbons (Fsp3) is 0.933. The molecule has 3 fully saturated rings. The van der Waals surface area contributed by atoms with Gasteiger partial charge in [0.05, 0.1) is 6.61 Å². The van der Waals surface area contributed by atoms with E-state index in [1.54, 1.807) is 0 Å². The lowest BCUT2D eigenvalue weighted by Gasteiger charge is -2.34. The first-order valence-electron chi connectivity index (χ1n) is 7.44. The van der Waals surface area contributed by atoms with Gasteiger partial charge in [-0.1, -0.05) is 12.8 Å². The van der Waals surface area contributed by atoms with Crippen LogP contribution in [0.15, 0.2) is 0 Å². The molecular weight excluding hydrogens is 250 g/mol. The Morgan fingerprint density at radius 3 is 2.79 bits per heavy atom. The first kappa shape index (κ1) is 13.3. The molecule has 3 aliphatic rings. The zero-order valence-corrected chi connectivity index (χ0v) is 11.5. The molecule has 0 aromatic heterocycles. The van der Waals surface area contributed by atoms with Crippen LogP contribution in [0, 0.1) is 23.2 Å². The molecule has 0 radical (unpaired) electrons. The Balaban J connectivity index is 1.70. The summed E-state index contributed by atoms with van der Waals surface area (Å²) in [6.07, 6.45) is 8.30. The summed E-state index contributed by atoms with van der Waals surface area (Å²) in [5.41, 5.74) is 0.0107. The van der Waals surface area contributed by atoms with Crippen LogP contribution >= 0.6 is 0 Å². The van der Waals surface area contributed by atoms with Crippen LogP contribution in [0.4, 0.5) is 8.78 Å². The summed E-state index contributed by atoms with van der Waals surface area (Å²) in [4.78, 5) is 11.3. The van der Waals surface area contributed by atoms with E-state index < -0.39 is 11.9 Å². The number of alkyl halides is 2. The molecule has 0 aromatic rings. The van der Waals surface area contributed by atoms with Crippen LogP contribution in [0.2, 0.25) is 0 Å². The van der Waals surface area contributed by atoms with Crippen molar-refractivity contribution in [3.05, 3.63) is 0 Å². The lowest BCUT2D eigenvalue weighted by atomic mass is 9.74. The quantitative estimate of drug-likeness (QED) is 0.731. The molecule has 4 heteroatoms. The van der Waals surface area contributed by atoms with E-state index in [0.29, 0.717) is 12.8 Å². The summed E-state index contributed by atoms with van der Waals surface area (Å²) in [5.74, 6) is -2.56. The minimum absolute atomic E-state index is 0.0107. The number of fused-ring (bicyclic) bond motifs is 2. The maximum atomic E-state index is 12.9. The number of halogens is 2. The molecule has 19 heavy (non-hydrogen) atoms. The second-order valence-electron chi connectivity index (χ2n) is 7.06. The van der Waals surface area contributed by atoms with Crippen LogP contribution < -0.4 is 0 Å². The highest BCUT2D eigenvalue weighted by Crippen LogP contribution is 2.60. The minimum atomic E-state index is -3.36. The molecular formula is C15H22F2O2. The van der Waals surface area contributed by atoms with Gasteiger partial charge in [-0.2, -0.15) is 8.78 Å². The van der Waals surface area contributed by atoms with Gasteiger partial charge >= 0.3 is 11.9 Å². The van der Waals surface area contributed by atoms with Crippen molar-refractivity contribution >= 4 is 5.97 Å². The largest absolute Gasteiger partial charge is 0.461 e. The Labute approximate surface area is 112 Å². The summed E-state index contributed by atoms with van der Waals surface area (Å²) in [5, 5.41) is 0. The number of esters is 1. The molecule has 2 nitrogen and oxygen atoms in total. The Morgan fingerprint density at radius 2 is 2.05 bits per heavy atom. The van der Waals surface area contributed by atoms with Gasteiger partial charge in [0.25, 0.3) is 0 Å². The standard InChI is InChI=1S/C15H22F2O2/c1-14(16,17)13(18)19-9-15-4-2-3-10-5-11(8-15)7-12(15)6-10/h10-12H,2-9H2,1H3. The third-order valence-electron chi connectivity index (χ3n) is 5.60. The molecule has 0 heterocycles. The smallest absolute Gasteiger partial charge is 0.376 e. The molecule has 0 aromatic carbocycles. The second kappa shape index (κ2) is 4.42. The molecule has 0 amide bonds. The molecule has 4 atom stereocenters. The van der Waals surface area contributed by atoms with Gasteiger partial charge in [-0.15, -0.1) is 0 Å². The summed E-state index contributed by atoms with van der Waals surface area (Å²) in [7, 11) is 0. The first-order valence-corrected chi connectivity index (χ1v) is 7.44. The predicted octanol–water partition coefficient (Wildman–Crippen LogP) is 3.79. The van der Waals surface area contributed by atoms with Crippen LogP contribution in [0.5, 0.6) is 0 Å². The fourth-order valence-electron chi connectivity index (χ4n) is 4.84. The van der Waals surface area contributed by atoms with E-state index in [0.717, 1.165) is 31.1 Å². The number of rotatable bonds is 3. The van der Waals surface area contributed by atoms with E-state index in [9.17, 15) is 13.6 Å². The van der Waals surface area contributed by atoms with Gasteiger partial charge < -0.3 is 4.74 Å². The zero-order valence-electron chi connectivity index (χ0n) is 11.5. The van der Waals surface area contributed by atoms with Crippen LogP contribution in [0.25, 0.3) is 0 Å². The van der Waals surface area contributed by atoms with Crippen molar-refractivity contribution in [3.63, 3.8) is 0 Å². The third kappa shape index (κ3) is 2.38. The highest BCUT2D eigenvalue weighted by molar-refractivity contribution is 5.76. The Kier molecular flexibility index (Phi) is 3.10. The molecule has 0 N–H and O–H groups in total. The topological polar surface area (TPSA) is 26.3 Å². The molecule has 0 aliphatic heterocycles. The average molecular weight is 272 g/mol. The fourth-order valence-corrected chi connectivity index (χ4v) is 4.84. The molecule has 3 bridgehead atoms. The molecule has 0 saturated heterocycles. The highest BCUT2D eigenvalue weighted by Gasteiger charge is 2.53. The molecule has 3 rings (SSSR count). The molecule has 0 spiro atoms. The van der Waals surface area contributed by atoms with Crippen molar-refractivity contribution in [3.8, 4) is 0 Å². The SMILES string of the molecule is CC(F)(F)C(=O)OCC12CCCC3CC(CC1C3)C2. The monoisotopic (exact) mass is 272 g/mol. The van der Waals surface area contributed by atoms with Crippen molar-refractivity contribution in [2.75, 3.05) is 6.61 Å². The Bertz CT molecular complexity index is 377. The summed E-state index contributed by atoms with van der Waals surface area (Å²) in [6.45, 7) is 0.826. The Hall–Kier alpha value is -0.670. The molecule has 3 aliphatic carbocycles. The molecule has 4 unspecified atom stereocenters. The van der Waals surface area contributed by atoms with Crippen molar-refractivity contribution in [2.24, 2.45) is 23.2 Å². The Morgan fingerprint density at radius 1 is 1.32 bits per heavy atom. The van der Waals surface area contributed by atoms with Crippen LogP contribution in [-0.2, 0) is 9.53 Å². The average Bonchev–Trinajstić information content (AvgIpc) is 2.48.